The van der Waals surface area contributed by atoms with Gasteiger partial charge < -0.3 is 10.6 Å². The quantitative estimate of drug-likeness (QED) is 0.757. The molecule has 0 spiro atoms. The third-order valence-corrected chi connectivity index (χ3v) is 2.33. The van der Waals surface area contributed by atoms with Crippen molar-refractivity contribution in [2.24, 2.45) is 0 Å². The third kappa shape index (κ3) is 3.96. The smallest absolute Gasteiger partial charge is 0.321 e. The molecule has 0 aliphatic carbocycles. The molecule has 0 saturated carbocycles. The summed E-state index contributed by atoms with van der Waals surface area (Å²) in [5, 5.41) is 15.8. The van der Waals surface area contributed by atoms with Gasteiger partial charge in [0.25, 0.3) is 0 Å². The lowest BCUT2D eigenvalue weighted by atomic mass is 10.2. The Morgan fingerprint density at radius 3 is 2.68 bits per heavy atom. The second-order valence-corrected chi connectivity index (χ2v) is 3.74. The largest absolute Gasteiger partial charge is 0.374 e. The van der Waals surface area contributed by atoms with Crippen LogP contribution in [0.25, 0.3) is 0 Å². The van der Waals surface area contributed by atoms with Crippen molar-refractivity contribution in [3.05, 3.63) is 29.6 Å². The first-order valence-corrected chi connectivity index (χ1v) is 5.46. The predicted octanol–water partition coefficient (Wildman–Crippen LogP) is 0.953. The Bertz CT molecular complexity index is 539. The van der Waals surface area contributed by atoms with Gasteiger partial charge in [0.1, 0.15) is 17.9 Å². The van der Waals surface area contributed by atoms with Crippen molar-refractivity contribution >= 4 is 17.6 Å². The molecule has 0 bridgehead atoms. The molecule has 1 rings (SSSR count). The van der Waals surface area contributed by atoms with Crippen LogP contribution in [-0.4, -0.2) is 25.0 Å². The monoisotopic (exact) mass is 264 g/mol. The van der Waals surface area contributed by atoms with Gasteiger partial charge in [-0.05, 0) is 25.1 Å². The van der Waals surface area contributed by atoms with Crippen LogP contribution in [0.5, 0.6) is 0 Å². The average molecular weight is 264 g/mol. The highest BCUT2D eigenvalue weighted by Gasteiger charge is 2.15. The number of nitrogens with zero attached hydrogens (tertiary/aromatic N) is 1. The number of nitrogens with one attached hydrogen (secondary N) is 3. The number of carbonyl (C=O) groups is 2. The summed E-state index contributed by atoms with van der Waals surface area (Å²) in [7, 11) is 1.39. The van der Waals surface area contributed by atoms with Gasteiger partial charge in [-0.1, -0.05) is 0 Å². The lowest BCUT2D eigenvalue weighted by Crippen LogP contribution is -2.44. The van der Waals surface area contributed by atoms with Crippen LogP contribution >= 0.6 is 0 Å². The van der Waals surface area contributed by atoms with Crippen molar-refractivity contribution < 1.29 is 14.0 Å². The third-order valence-electron chi connectivity index (χ3n) is 2.33. The Balaban J connectivity index is 2.72. The van der Waals surface area contributed by atoms with E-state index in [2.05, 4.69) is 16.0 Å². The van der Waals surface area contributed by atoms with Gasteiger partial charge in [-0.2, -0.15) is 5.26 Å². The molecule has 1 aromatic rings. The molecule has 19 heavy (non-hydrogen) atoms. The molecular weight excluding hydrogens is 251 g/mol. The average Bonchev–Trinajstić information content (AvgIpc) is 2.40. The maximum atomic E-state index is 13.1. The van der Waals surface area contributed by atoms with Crippen LogP contribution in [0.3, 0.4) is 0 Å². The van der Waals surface area contributed by atoms with Crippen LogP contribution < -0.4 is 16.0 Å². The van der Waals surface area contributed by atoms with E-state index in [1.54, 1.807) is 6.07 Å². The predicted molar refractivity (Wildman–Crippen MR) is 66.8 cm³/mol. The van der Waals surface area contributed by atoms with Crippen LogP contribution in [-0.2, 0) is 4.79 Å². The van der Waals surface area contributed by atoms with Gasteiger partial charge in [0, 0.05) is 12.7 Å². The van der Waals surface area contributed by atoms with Crippen LogP contribution in [0.4, 0.5) is 14.9 Å². The van der Waals surface area contributed by atoms with Crippen LogP contribution in [0.15, 0.2) is 18.2 Å². The maximum Gasteiger partial charge on any atom is 0.321 e. The van der Waals surface area contributed by atoms with Crippen molar-refractivity contribution in [3.63, 3.8) is 0 Å². The molecule has 7 heteroatoms. The highest BCUT2D eigenvalue weighted by atomic mass is 19.1. The first-order valence-electron chi connectivity index (χ1n) is 5.46. The van der Waals surface area contributed by atoms with Gasteiger partial charge >= 0.3 is 6.03 Å². The summed E-state index contributed by atoms with van der Waals surface area (Å²) in [6, 6.07) is 4.19. The van der Waals surface area contributed by atoms with Gasteiger partial charge in [0.2, 0.25) is 5.91 Å². The van der Waals surface area contributed by atoms with Crippen molar-refractivity contribution in [2.75, 3.05) is 12.4 Å². The standard InChI is InChI=1S/C12H13FN4O2/c1-7(11(18)17-12(19)15-2)16-9-3-4-10(13)8(5-9)6-14/h3-5,7,16H,1-2H3,(H2,15,17,18,19). The van der Waals surface area contributed by atoms with E-state index in [9.17, 15) is 14.0 Å². The number of nitriles is 1. The SMILES string of the molecule is CNC(=O)NC(=O)C(C)Nc1ccc(F)c(C#N)c1. The number of hydrogen-bond acceptors (Lipinski definition) is 4. The first-order chi connectivity index (χ1) is 8.97. The number of carbonyl (C=O) groups excluding carboxylic acids is 2. The van der Waals surface area contributed by atoms with E-state index in [4.69, 9.17) is 5.26 Å². The molecule has 0 radical (unpaired) electrons. The van der Waals surface area contributed by atoms with Crippen molar-refractivity contribution in [1.82, 2.24) is 10.6 Å². The highest BCUT2D eigenvalue weighted by molar-refractivity contribution is 5.97. The molecule has 6 nitrogen and oxygen atoms in total. The highest BCUT2D eigenvalue weighted by Crippen LogP contribution is 2.14. The molecule has 0 aliphatic rings. The van der Waals surface area contributed by atoms with E-state index in [1.165, 1.54) is 26.1 Å². The Morgan fingerprint density at radius 2 is 2.11 bits per heavy atom. The summed E-state index contributed by atoms with van der Waals surface area (Å²) in [6.45, 7) is 1.54. The van der Waals surface area contributed by atoms with Crippen LogP contribution in [0.1, 0.15) is 12.5 Å². The van der Waals surface area contributed by atoms with E-state index in [1.807, 2.05) is 0 Å². The van der Waals surface area contributed by atoms with E-state index < -0.39 is 23.8 Å². The lowest BCUT2D eigenvalue weighted by molar-refractivity contribution is -0.120. The molecular formula is C12H13FN4O2. The number of anilines is 1. The fourth-order valence-electron chi connectivity index (χ4n) is 1.30. The van der Waals surface area contributed by atoms with Gasteiger partial charge in [0.05, 0.1) is 5.56 Å². The molecule has 1 atom stereocenters. The fraction of sp³-hybridized carbons (Fsp3) is 0.250. The number of halogens is 1. The number of benzene rings is 1. The number of urea groups is 1. The van der Waals surface area contributed by atoms with Gasteiger partial charge in [-0.25, -0.2) is 9.18 Å². The van der Waals surface area contributed by atoms with E-state index in [-0.39, 0.29) is 5.56 Å². The summed E-state index contributed by atoms with van der Waals surface area (Å²) in [4.78, 5) is 22.5. The first kappa shape index (κ1) is 14.4. The molecule has 0 heterocycles. The minimum atomic E-state index is -0.714. The fourth-order valence-corrected chi connectivity index (χ4v) is 1.30. The Hall–Kier alpha value is -2.62. The second kappa shape index (κ2) is 6.35. The molecule has 0 fully saturated rings. The normalized spacial score (nSPS) is 11.1. The summed E-state index contributed by atoms with van der Waals surface area (Å²) in [5.41, 5.74) is 0.293. The Kier molecular flexibility index (Phi) is 4.83. The van der Waals surface area contributed by atoms with Gasteiger partial charge in [0.15, 0.2) is 0 Å². The van der Waals surface area contributed by atoms with Crippen molar-refractivity contribution in [2.45, 2.75) is 13.0 Å². The Morgan fingerprint density at radius 1 is 1.42 bits per heavy atom. The number of rotatable bonds is 3. The number of hydrogen-bond donors (Lipinski definition) is 3. The topological polar surface area (TPSA) is 94.0 Å². The number of imide groups is 1. The molecule has 3 N–H and O–H groups in total. The van der Waals surface area contributed by atoms with Crippen LogP contribution in [0.2, 0.25) is 0 Å². The molecule has 1 unspecified atom stereocenters. The summed E-state index contributed by atoms with van der Waals surface area (Å²) in [6.07, 6.45) is 0. The van der Waals surface area contributed by atoms with E-state index in [0.717, 1.165) is 6.07 Å². The lowest BCUT2D eigenvalue weighted by Gasteiger charge is -2.14. The van der Waals surface area contributed by atoms with Crippen molar-refractivity contribution in [1.29, 1.82) is 5.26 Å². The second-order valence-electron chi connectivity index (χ2n) is 3.74. The molecule has 1 aromatic carbocycles. The zero-order chi connectivity index (χ0) is 14.4. The molecule has 3 amide bonds. The van der Waals surface area contributed by atoms with E-state index >= 15 is 0 Å². The zero-order valence-electron chi connectivity index (χ0n) is 10.5. The zero-order valence-corrected chi connectivity index (χ0v) is 10.5. The maximum absolute atomic E-state index is 13.1. The molecule has 0 aromatic heterocycles. The minimum Gasteiger partial charge on any atom is -0.374 e. The minimum absolute atomic E-state index is 0.121. The number of amides is 3. The van der Waals surface area contributed by atoms with E-state index in [0.29, 0.717) is 5.69 Å². The summed E-state index contributed by atoms with van der Waals surface area (Å²) >= 11 is 0. The van der Waals surface area contributed by atoms with Gasteiger partial charge in [-0.3, -0.25) is 10.1 Å². The molecule has 100 valence electrons. The molecule has 0 saturated heterocycles. The summed E-state index contributed by atoms with van der Waals surface area (Å²) in [5.74, 6) is -1.17. The summed E-state index contributed by atoms with van der Waals surface area (Å²) < 4.78 is 13.1. The molecule has 0 aliphatic heterocycles. The van der Waals surface area contributed by atoms with Gasteiger partial charge in [-0.15, -0.1) is 0 Å². The van der Waals surface area contributed by atoms with Crippen molar-refractivity contribution in [3.8, 4) is 6.07 Å². The van der Waals surface area contributed by atoms with Crippen LogP contribution in [0, 0.1) is 17.1 Å². The Labute approximate surface area is 109 Å².